The van der Waals surface area contributed by atoms with Gasteiger partial charge in [0.15, 0.2) is 0 Å². The zero-order valence-corrected chi connectivity index (χ0v) is 25.8. The van der Waals surface area contributed by atoms with Crippen LogP contribution in [-0.4, -0.2) is 87.1 Å². The smallest absolute Gasteiger partial charge is 0.272 e. The lowest BCUT2D eigenvalue weighted by atomic mass is 9.73. The molecule has 0 unspecified atom stereocenters. The lowest BCUT2D eigenvalue weighted by Crippen LogP contribution is -2.58. The van der Waals surface area contributed by atoms with E-state index in [1.54, 1.807) is 13.1 Å². The molecule has 4 aromatic rings. The second kappa shape index (κ2) is 11.3. The molecule has 8 rings (SSSR count). The molecule has 0 saturated carbocycles. The first-order chi connectivity index (χ1) is 22.0. The highest BCUT2D eigenvalue weighted by Crippen LogP contribution is 2.38. The van der Waals surface area contributed by atoms with Gasteiger partial charge in [-0.1, -0.05) is 18.2 Å². The van der Waals surface area contributed by atoms with Crippen LogP contribution in [0.25, 0.3) is 33.3 Å². The van der Waals surface area contributed by atoms with Crippen LogP contribution in [0, 0.1) is 5.41 Å². The van der Waals surface area contributed by atoms with E-state index >= 15 is 0 Å². The molecule has 0 radical (unpaired) electrons. The Hall–Kier alpha value is -4.15. The third-order valence-corrected chi connectivity index (χ3v) is 10.5. The number of carbonyl (C=O) groups excluding carboxylic acids is 2. The molecule has 1 spiro atoms. The van der Waals surface area contributed by atoms with Crippen LogP contribution in [0.2, 0.25) is 0 Å². The van der Waals surface area contributed by atoms with Crippen molar-refractivity contribution in [1.82, 2.24) is 34.6 Å². The van der Waals surface area contributed by atoms with Gasteiger partial charge in [0.1, 0.15) is 11.5 Å². The number of hydrogen-bond donors (Lipinski definition) is 1. The normalized spacial score (nSPS) is 19.8. The van der Waals surface area contributed by atoms with E-state index in [-0.39, 0.29) is 11.8 Å². The summed E-state index contributed by atoms with van der Waals surface area (Å²) in [4.78, 5) is 44.1. The van der Waals surface area contributed by atoms with Gasteiger partial charge in [0.2, 0.25) is 5.91 Å². The number of pyridine rings is 2. The summed E-state index contributed by atoms with van der Waals surface area (Å²) < 4.78 is 8.00. The van der Waals surface area contributed by atoms with E-state index in [4.69, 9.17) is 14.7 Å². The molecule has 0 aliphatic carbocycles. The Labute approximate surface area is 262 Å². The summed E-state index contributed by atoms with van der Waals surface area (Å²) in [6, 6.07) is 12.1. The van der Waals surface area contributed by atoms with E-state index in [9.17, 15) is 9.59 Å². The van der Waals surface area contributed by atoms with Gasteiger partial charge in [0, 0.05) is 94.2 Å². The van der Waals surface area contributed by atoms with Crippen molar-refractivity contribution in [1.29, 1.82) is 0 Å². The maximum atomic E-state index is 13.2. The van der Waals surface area contributed by atoms with Gasteiger partial charge in [0.25, 0.3) is 5.91 Å². The number of amides is 2. The molecule has 0 bridgehead atoms. The minimum atomic E-state index is 0.00616. The summed E-state index contributed by atoms with van der Waals surface area (Å²) in [6.45, 7) is 8.88. The van der Waals surface area contributed by atoms with Crippen LogP contribution in [0.1, 0.15) is 60.5 Å². The Bertz CT molecular complexity index is 1760. The van der Waals surface area contributed by atoms with Crippen molar-refractivity contribution in [2.45, 2.75) is 51.6 Å². The van der Waals surface area contributed by atoms with Crippen LogP contribution in [0.3, 0.4) is 0 Å². The number of likely N-dealkylation sites (tertiary alicyclic amines) is 1. The average Bonchev–Trinajstić information content (AvgIpc) is 3.46. The van der Waals surface area contributed by atoms with E-state index in [2.05, 4.69) is 39.1 Å². The molecule has 2 amide bonds. The van der Waals surface area contributed by atoms with Crippen LogP contribution in [-0.2, 0) is 22.6 Å². The number of ether oxygens (including phenoxy) is 1. The first-order valence-electron chi connectivity index (χ1n) is 16.3. The number of benzene rings is 1. The van der Waals surface area contributed by atoms with Gasteiger partial charge >= 0.3 is 0 Å². The van der Waals surface area contributed by atoms with Crippen molar-refractivity contribution >= 4 is 22.6 Å². The lowest BCUT2D eigenvalue weighted by molar-refractivity contribution is -0.130. The largest absolute Gasteiger partial charge is 0.381 e. The zero-order chi connectivity index (χ0) is 30.5. The number of nitrogens with zero attached hydrogens (tertiary/aromatic N) is 6. The van der Waals surface area contributed by atoms with Crippen molar-refractivity contribution in [3.05, 3.63) is 66.0 Å². The topological polar surface area (TPSA) is 105 Å². The number of nitrogens with one attached hydrogen (secondary N) is 1. The Kier molecular flexibility index (Phi) is 7.14. The summed E-state index contributed by atoms with van der Waals surface area (Å²) in [5.41, 5.74) is 5.61. The first kappa shape index (κ1) is 28.3. The third-order valence-electron chi connectivity index (χ3n) is 10.5. The highest BCUT2D eigenvalue weighted by atomic mass is 16.5. The first-order valence-corrected chi connectivity index (χ1v) is 16.3. The maximum absolute atomic E-state index is 13.2. The van der Waals surface area contributed by atoms with Gasteiger partial charge in [0.05, 0.1) is 23.6 Å². The SMILES string of the molecule is CC(=O)N1CCn2c(C3CCOCC3)nc(-c3cccc4cc(-c5ccc(C(=O)N6CCC7(CC6)CNC7)nc5)ncc34)c2C1. The summed E-state index contributed by atoms with van der Waals surface area (Å²) in [5, 5.41) is 5.45. The Morgan fingerprint density at radius 3 is 2.49 bits per heavy atom. The van der Waals surface area contributed by atoms with Crippen LogP contribution in [0.4, 0.5) is 0 Å². The maximum Gasteiger partial charge on any atom is 0.272 e. The minimum absolute atomic E-state index is 0.00616. The zero-order valence-electron chi connectivity index (χ0n) is 25.8. The summed E-state index contributed by atoms with van der Waals surface area (Å²) >= 11 is 0. The average molecular weight is 606 g/mol. The quantitative estimate of drug-likeness (QED) is 0.371. The predicted molar refractivity (Wildman–Crippen MR) is 171 cm³/mol. The van der Waals surface area contributed by atoms with Crippen molar-refractivity contribution in [2.75, 3.05) is 45.9 Å². The molecule has 7 heterocycles. The molecule has 10 nitrogen and oxygen atoms in total. The van der Waals surface area contributed by atoms with Gasteiger partial charge in [-0.25, -0.2) is 4.98 Å². The second-order valence-corrected chi connectivity index (χ2v) is 13.2. The third kappa shape index (κ3) is 5.10. The molecule has 1 N–H and O–H groups in total. The number of rotatable bonds is 4. The molecule has 4 aliphatic rings. The van der Waals surface area contributed by atoms with E-state index in [0.717, 1.165) is 116 Å². The summed E-state index contributed by atoms with van der Waals surface area (Å²) in [6.07, 6.45) is 7.71. The van der Waals surface area contributed by atoms with Gasteiger partial charge < -0.3 is 24.4 Å². The van der Waals surface area contributed by atoms with Gasteiger partial charge in [-0.2, -0.15) is 0 Å². The molecule has 3 fully saturated rings. The molecule has 10 heteroatoms. The van der Waals surface area contributed by atoms with Gasteiger partial charge in [-0.3, -0.25) is 19.6 Å². The lowest BCUT2D eigenvalue weighted by Gasteiger charge is -2.48. The Morgan fingerprint density at radius 1 is 0.956 bits per heavy atom. The van der Waals surface area contributed by atoms with Gasteiger partial charge in [-0.05, 0) is 54.7 Å². The molecule has 3 saturated heterocycles. The van der Waals surface area contributed by atoms with Crippen molar-refractivity contribution in [3.8, 4) is 22.5 Å². The second-order valence-electron chi connectivity index (χ2n) is 13.2. The summed E-state index contributed by atoms with van der Waals surface area (Å²) in [5.74, 6) is 1.55. The predicted octanol–water partition coefficient (Wildman–Crippen LogP) is 4.24. The fourth-order valence-corrected chi connectivity index (χ4v) is 7.53. The number of imidazole rings is 1. The number of carbonyl (C=O) groups is 2. The molecule has 0 atom stereocenters. The fraction of sp³-hybridized carbons (Fsp3) is 0.457. The fourth-order valence-electron chi connectivity index (χ4n) is 7.53. The Balaban J connectivity index is 1.08. The van der Waals surface area contributed by atoms with Crippen LogP contribution >= 0.6 is 0 Å². The van der Waals surface area contributed by atoms with Crippen molar-refractivity contribution < 1.29 is 14.3 Å². The van der Waals surface area contributed by atoms with Crippen molar-refractivity contribution in [2.24, 2.45) is 5.41 Å². The molecule has 45 heavy (non-hydrogen) atoms. The van der Waals surface area contributed by atoms with Crippen molar-refractivity contribution in [3.63, 3.8) is 0 Å². The highest BCUT2D eigenvalue weighted by Gasteiger charge is 2.40. The molecular formula is C35H39N7O3. The van der Waals surface area contributed by atoms with Crippen LogP contribution in [0.5, 0.6) is 0 Å². The van der Waals surface area contributed by atoms with Crippen LogP contribution < -0.4 is 5.32 Å². The van der Waals surface area contributed by atoms with E-state index in [1.807, 2.05) is 28.1 Å². The number of piperidine rings is 1. The highest BCUT2D eigenvalue weighted by molar-refractivity contribution is 5.97. The van der Waals surface area contributed by atoms with Crippen LogP contribution in [0.15, 0.2) is 48.8 Å². The monoisotopic (exact) mass is 605 g/mol. The Morgan fingerprint density at radius 2 is 1.78 bits per heavy atom. The summed E-state index contributed by atoms with van der Waals surface area (Å²) in [7, 11) is 0. The minimum Gasteiger partial charge on any atom is -0.381 e. The number of hydrogen-bond acceptors (Lipinski definition) is 7. The number of fused-ring (bicyclic) bond motifs is 2. The van der Waals surface area contributed by atoms with E-state index < -0.39 is 0 Å². The number of aromatic nitrogens is 4. The van der Waals surface area contributed by atoms with Gasteiger partial charge in [-0.15, -0.1) is 0 Å². The van der Waals surface area contributed by atoms with E-state index in [0.29, 0.717) is 30.1 Å². The molecule has 4 aliphatic heterocycles. The van der Waals surface area contributed by atoms with E-state index in [1.165, 1.54) is 0 Å². The molecular weight excluding hydrogens is 566 g/mol. The molecule has 232 valence electrons. The molecule has 3 aromatic heterocycles. The standard InChI is InChI=1S/C35H39N7O3/c1-23(43)41-13-14-42-31(20-41)32(39-33(42)24-7-15-45-16-8-24)27-4-2-3-25-17-30(38-19-28(25)27)26-5-6-29(37-18-26)34(44)40-11-9-35(10-12-40)21-36-22-35/h2-6,17-19,24,36H,7-16,20-22H2,1H3. The molecule has 1 aromatic carbocycles.